The largest absolute Gasteiger partial charge is 0.366 e. The lowest BCUT2D eigenvalue weighted by atomic mass is 10.0. The van der Waals surface area contributed by atoms with Gasteiger partial charge in [-0.15, -0.1) is 24.2 Å². The van der Waals surface area contributed by atoms with E-state index in [0.717, 1.165) is 16.0 Å². The summed E-state index contributed by atoms with van der Waals surface area (Å²) in [6.45, 7) is 4.27. The van der Waals surface area contributed by atoms with Gasteiger partial charge in [-0.25, -0.2) is 0 Å². The van der Waals surface area contributed by atoms with E-state index in [0.29, 0.717) is 10.8 Å². The molecule has 4 heteroatoms. The van der Waals surface area contributed by atoms with Crippen LogP contribution in [0.15, 0.2) is 53.4 Å². The third kappa shape index (κ3) is 4.02. The van der Waals surface area contributed by atoms with Gasteiger partial charge in [0.05, 0.1) is 0 Å². The number of hydrogen-bond donors (Lipinski definition) is 1. The number of hydrogen-bond acceptors (Lipinski definition) is 2. The Kier molecular flexibility index (Phi) is 6.11. The van der Waals surface area contributed by atoms with Crippen LogP contribution in [0.5, 0.6) is 0 Å². The first-order valence-electron chi connectivity index (χ1n) is 6.24. The van der Waals surface area contributed by atoms with Crippen molar-refractivity contribution >= 4 is 30.1 Å². The van der Waals surface area contributed by atoms with Crippen LogP contribution in [0, 0.1) is 0 Å². The molecule has 2 aromatic rings. The summed E-state index contributed by atoms with van der Waals surface area (Å²) in [7, 11) is 0. The van der Waals surface area contributed by atoms with Crippen LogP contribution in [-0.2, 0) is 0 Å². The van der Waals surface area contributed by atoms with E-state index in [2.05, 4.69) is 26.0 Å². The molecule has 2 aromatic carbocycles. The standard InChI is InChI=1S/C16H17NOS.ClH/c1-11(2)19-15-10-13(16(17)18)8-9-14(15)12-6-4-3-5-7-12;/h3-11H,1-2H3,(H2,17,18);1H. The van der Waals surface area contributed by atoms with Crippen molar-refractivity contribution in [3.63, 3.8) is 0 Å². The number of carbonyl (C=O) groups excluding carboxylic acids is 1. The van der Waals surface area contributed by atoms with E-state index < -0.39 is 0 Å². The van der Waals surface area contributed by atoms with E-state index in [4.69, 9.17) is 5.73 Å². The monoisotopic (exact) mass is 307 g/mol. The minimum absolute atomic E-state index is 0. The molecule has 0 heterocycles. The van der Waals surface area contributed by atoms with Crippen LogP contribution in [0.25, 0.3) is 11.1 Å². The van der Waals surface area contributed by atoms with Crippen LogP contribution < -0.4 is 5.73 Å². The molecular formula is C16H18ClNOS. The van der Waals surface area contributed by atoms with Gasteiger partial charge in [0.15, 0.2) is 0 Å². The van der Waals surface area contributed by atoms with Crippen LogP contribution in [-0.4, -0.2) is 11.2 Å². The summed E-state index contributed by atoms with van der Waals surface area (Å²) in [5.74, 6) is -0.384. The topological polar surface area (TPSA) is 43.1 Å². The highest BCUT2D eigenvalue weighted by atomic mass is 35.5. The molecule has 0 saturated carbocycles. The number of thioether (sulfide) groups is 1. The SMILES string of the molecule is CC(C)Sc1cc(C(N)=O)ccc1-c1ccccc1.Cl. The number of primary amides is 1. The van der Waals surface area contributed by atoms with E-state index in [-0.39, 0.29) is 18.3 Å². The second-order valence-corrected chi connectivity index (χ2v) is 6.23. The van der Waals surface area contributed by atoms with Crippen molar-refractivity contribution in [3.8, 4) is 11.1 Å². The van der Waals surface area contributed by atoms with Crippen LogP contribution in [0.1, 0.15) is 24.2 Å². The maximum atomic E-state index is 11.3. The first kappa shape index (κ1) is 16.6. The molecule has 0 saturated heterocycles. The molecule has 0 unspecified atom stereocenters. The van der Waals surface area contributed by atoms with E-state index in [1.807, 2.05) is 30.3 Å². The molecule has 0 atom stereocenters. The second kappa shape index (κ2) is 7.36. The highest BCUT2D eigenvalue weighted by molar-refractivity contribution is 8.00. The Morgan fingerprint density at radius 3 is 2.30 bits per heavy atom. The summed E-state index contributed by atoms with van der Waals surface area (Å²) in [5.41, 5.74) is 8.21. The molecule has 0 aliphatic heterocycles. The second-order valence-electron chi connectivity index (χ2n) is 4.61. The molecule has 0 fully saturated rings. The van der Waals surface area contributed by atoms with Gasteiger partial charge in [-0.1, -0.05) is 50.2 Å². The average Bonchev–Trinajstić information content (AvgIpc) is 2.39. The zero-order valence-electron chi connectivity index (χ0n) is 11.5. The lowest BCUT2D eigenvalue weighted by Gasteiger charge is -2.12. The fourth-order valence-electron chi connectivity index (χ4n) is 1.88. The van der Waals surface area contributed by atoms with Gasteiger partial charge >= 0.3 is 0 Å². The molecule has 0 aliphatic carbocycles. The number of nitrogens with two attached hydrogens (primary N) is 1. The van der Waals surface area contributed by atoms with Crippen molar-refractivity contribution in [2.75, 3.05) is 0 Å². The van der Waals surface area contributed by atoms with E-state index in [1.165, 1.54) is 0 Å². The van der Waals surface area contributed by atoms with Crippen molar-refractivity contribution in [2.45, 2.75) is 24.0 Å². The number of rotatable bonds is 4. The Morgan fingerprint density at radius 1 is 1.10 bits per heavy atom. The molecule has 20 heavy (non-hydrogen) atoms. The Labute approximate surface area is 130 Å². The lowest BCUT2D eigenvalue weighted by Crippen LogP contribution is -2.11. The zero-order valence-corrected chi connectivity index (χ0v) is 13.1. The molecule has 0 bridgehead atoms. The van der Waals surface area contributed by atoms with Crippen molar-refractivity contribution in [2.24, 2.45) is 5.73 Å². The molecule has 0 spiro atoms. The average molecular weight is 308 g/mol. The third-order valence-corrected chi connectivity index (χ3v) is 3.78. The minimum atomic E-state index is -0.384. The van der Waals surface area contributed by atoms with E-state index in [9.17, 15) is 4.79 Å². The maximum absolute atomic E-state index is 11.3. The predicted molar refractivity (Wildman–Crippen MR) is 88.6 cm³/mol. The number of halogens is 1. The fourth-order valence-corrected chi connectivity index (χ4v) is 2.90. The predicted octanol–water partition coefficient (Wildman–Crippen LogP) is 4.37. The maximum Gasteiger partial charge on any atom is 0.248 e. The smallest absolute Gasteiger partial charge is 0.248 e. The van der Waals surface area contributed by atoms with Crippen molar-refractivity contribution in [3.05, 3.63) is 54.1 Å². The van der Waals surface area contributed by atoms with Crippen LogP contribution in [0.2, 0.25) is 0 Å². The molecular weight excluding hydrogens is 290 g/mol. The molecule has 2 rings (SSSR count). The van der Waals surface area contributed by atoms with E-state index >= 15 is 0 Å². The summed E-state index contributed by atoms with van der Waals surface area (Å²) >= 11 is 1.74. The van der Waals surface area contributed by atoms with Crippen molar-refractivity contribution in [1.29, 1.82) is 0 Å². The van der Waals surface area contributed by atoms with Crippen LogP contribution in [0.3, 0.4) is 0 Å². The van der Waals surface area contributed by atoms with Gasteiger partial charge in [0.25, 0.3) is 0 Å². The summed E-state index contributed by atoms with van der Waals surface area (Å²) in [6, 6.07) is 15.8. The number of carbonyl (C=O) groups is 1. The highest BCUT2D eigenvalue weighted by Gasteiger charge is 2.10. The number of benzene rings is 2. The summed E-state index contributed by atoms with van der Waals surface area (Å²) < 4.78 is 0. The van der Waals surface area contributed by atoms with Gasteiger partial charge in [-0.2, -0.15) is 0 Å². The molecule has 0 aromatic heterocycles. The zero-order chi connectivity index (χ0) is 13.8. The summed E-state index contributed by atoms with van der Waals surface area (Å²) in [5, 5.41) is 0.450. The van der Waals surface area contributed by atoms with E-state index in [1.54, 1.807) is 17.8 Å². The first-order valence-corrected chi connectivity index (χ1v) is 7.12. The van der Waals surface area contributed by atoms with Crippen LogP contribution in [0.4, 0.5) is 0 Å². The van der Waals surface area contributed by atoms with Gasteiger partial charge in [-0.3, -0.25) is 4.79 Å². The summed E-state index contributed by atoms with van der Waals surface area (Å²) in [4.78, 5) is 12.4. The minimum Gasteiger partial charge on any atom is -0.366 e. The normalized spacial score (nSPS) is 10.2. The van der Waals surface area contributed by atoms with Gasteiger partial charge in [0, 0.05) is 15.7 Å². The van der Waals surface area contributed by atoms with Gasteiger partial charge in [-0.05, 0) is 23.3 Å². The molecule has 1 amide bonds. The highest BCUT2D eigenvalue weighted by Crippen LogP contribution is 2.34. The summed E-state index contributed by atoms with van der Waals surface area (Å²) in [6.07, 6.45) is 0. The molecule has 2 nitrogen and oxygen atoms in total. The quantitative estimate of drug-likeness (QED) is 0.852. The molecule has 2 N–H and O–H groups in total. The van der Waals surface area contributed by atoms with Crippen LogP contribution >= 0.6 is 24.2 Å². The number of amides is 1. The van der Waals surface area contributed by atoms with Crippen molar-refractivity contribution < 1.29 is 4.79 Å². The van der Waals surface area contributed by atoms with Gasteiger partial charge in [0.2, 0.25) is 5.91 Å². The van der Waals surface area contributed by atoms with Crippen molar-refractivity contribution in [1.82, 2.24) is 0 Å². The Hall–Kier alpha value is -1.45. The van der Waals surface area contributed by atoms with Gasteiger partial charge < -0.3 is 5.73 Å². The Morgan fingerprint density at radius 2 is 1.75 bits per heavy atom. The molecule has 106 valence electrons. The first-order chi connectivity index (χ1) is 9.08. The Bertz CT molecular complexity index is 584. The van der Waals surface area contributed by atoms with Gasteiger partial charge in [0.1, 0.15) is 0 Å². The molecule has 0 aliphatic rings. The lowest BCUT2D eigenvalue weighted by molar-refractivity contribution is 0.1000. The fraction of sp³-hybridized carbons (Fsp3) is 0.188. The third-order valence-electron chi connectivity index (χ3n) is 2.71. The molecule has 0 radical (unpaired) electrons. The Balaban J connectivity index is 0.00000200.